The highest BCUT2D eigenvalue weighted by Crippen LogP contribution is 2.27. The van der Waals surface area contributed by atoms with Crippen LogP contribution in [0.3, 0.4) is 0 Å². The Morgan fingerprint density at radius 1 is 1.39 bits per heavy atom. The molecular weight excluding hydrogens is 246 g/mol. The number of anilines is 3. The van der Waals surface area contributed by atoms with Gasteiger partial charge >= 0.3 is 0 Å². The number of nitrogens with two attached hydrogens (primary N) is 2. The summed E-state index contributed by atoms with van der Waals surface area (Å²) in [5.74, 6) is 1.25. The van der Waals surface area contributed by atoms with Crippen LogP contribution in [-0.2, 0) is 0 Å². The van der Waals surface area contributed by atoms with E-state index in [-0.39, 0.29) is 12.0 Å². The normalized spacial score (nSPS) is 12.3. The number of thiophene rings is 1. The molecule has 0 aliphatic heterocycles. The summed E-state index contributed by atoms with van der Waals surface area (Å²) in [4.78, 5) is 9.29. The minimum Gasteiger partial charge on any atom is -0.383 e. The molecule has 96 valence electrons. The van der Waals surface area contributed by atoms with Gasteiger partial charge in [-0.15, -0.1) is 11.3 Å². The van der Waals surface area contributed by atoms with Gasteiger partial charge in [-0.05, 0) is 17.9 Å². The molecule has 0 amide bonds. The number of nitrogens with zero attached hydrogens (tertiary/aromatic N) is 2. The number of hydrogen-bond donors (Lipinski definition) is 3. The highest BCUT2D eigenvalue weighted by Gasteiger charge is 2.12. The van der Waals surface area contributed by atoms with E-state index >= 15 is 0 Å². The van der Waals surface area contributed by atoms with E-state index in [0.29, 0.717) is 11.6 Å². The van der Waals surface area contributed by atoms with E-state index in [0.717, 1.165) is 12.8 Å². The Balaban J connectivity index is 2.18. The van der Waals surface area contributed by atoms with Gasteiger partial charge in [0.15, 0.2) is 0 Å². The average molecular weight is 263 g/mol. The molecule has 2 rings (SSSR count). The van der Waals surface area contributed by atoms with Crippen LogP contribution in [-0.4, -0.2) is 9.97 Å². The Hall–Kier alpha value is -1.82. The van der Waals surface area contributed by atoms with Gasteiger partial charge in [-0.3, -0.25) is 0 Å². The lowest BCUT2D eigenvalue weighted by Gasteiger charge is -2.17. The van der Waals surface area contributed by atoms with Crippen molar-refractivity contribution in [3.63, 3.8) is 0 Å². The molecule has 5 N–H and O–H groups in total. The molecule has 0 spiro atoms. The third-order valence-corrected chi connectivity index (χ3v) is 3.54. The van der Waals surface area contributed by atoms with E-state index in [1.54, 1.807) is 17.4 Å². The summed E-state index contributed by atoms with van der Waals surface area (Å²) in [5, 5.41) is 5.44. The standard InChI is InChI=1S/C12H17N5S/c1-2-4-8(9-5-3-6-18-9)15-11-7-10(13)16-12(14)17-11/h3,5-8H,2,4H2,1H3,(H5,13,14,15,16,17). The Morgan fingerprint density at radius 2 is 2.22 bits per heavy atom. The van der Waals surface area contributed by atoms with Crippen LogP contribution in [0, 0.1) is 0 Å². The molecule has 0 fully saturated rings. The first-order valence-corrected chi connectivity index (χ1v) is 6.77. The van der Waals surface area contributed by atoms with Crippen molar-refractivity contribution in [1.82, 2.24) is 9.97 Å². The summed E-state index contributed by atoms with van der Waals surface area (Å²) in [6.07, 6.45) is 2.12. The molecule has 0 bridgehead atoms. The average Bonchev–Trinajstić information content (AvgIpc) is 2.80. The lowest BCUT2D eigenvalue weighted by atomic mass is 10.1. The van der Waals surface area contributed by atoms with E-state index in [1.807, 2.05) is 6.07 Å². The van der Waals surface area contributed by atoms with Crippen LogP contribution in [0.5, 0.6) is 0 Å². The fourth-order valence-electron chi connectivity index (χ4n) is 1.80. The molecular formula is C12H17N5S. The lowest BCUT2D eigenvalue weighted by Crippen LogP contribution is -2.12. The van der Waals surface area contributed by atoms with Crippen LogP contribution < -0.4 is 16.8 Å². The Labute approximate surface area is 110 Å². The predicted molar refractivity (Wildman–Crippen MR) is 76.4 cm³/mol. The summed E-state index contributed by atoms with van der Waals surface area (Å²) >= 11 is 1.73. The van der Waals surface area contributed by atoms with E-state index in [2.05, 4.69) is 33.7 Å². The molecule has 0 saturated heterocycles. The summed E-state index contributed by atoms with van der Waals surface area (Å²) in [5.41, 5.74) is 11.2. The van der Waals surface area contributed by atoms with Gasteiger partial charge in [-0.2, -0.15) is 9.97 Å². The fraction of sp³-hybridized carbons (Fsp3) is 0.333. The number of hydrogen-bond acceptors (Lipinski definition) is 6. The maximum absolute atomic E-state index is 5.66. The van der Waals surface area contributed by atoms with Gasteiger partial charge in [0.2, 0.25) is 5.95 Å². The monoisotopic (exact) mass is 263 g/mol. The molecule has 18 heavy (non-hydrogen) atoms. The number of nitrogen functional groups attached to an aromatic ring is 2. The molecule has 0 radical (unpaired) electrons. The minimum atomic E-state index is 0.193. The van der Waals surface area contributed by atoms with Crippen molar-refractivity contribution in [2.75, 3.05) is 16.8 Å². The summed E-state index contributed by atoms with van der Waals surface area (Å²) < 4.78 is 0. The Morgan fingerprint density at radius 3 is 2.83 bits per heavy atom. The van der Waals surface area contributed by atoms with Gasteiger partial charge in [0.05, 0.1) is 6.04 Å². The fourth-order valence-corrected chi connectivity index (χ4v) is 2.61. The van der Waals surface area contributed by atoms with Gasteiger partial charge < -0.3 is 16.8 Å². The van der Waals surface area contributed by atoms with Gasteiger partial charge in [0.25, 0.3) is 0 Å². The van der Waals surface area contributed by atoms with Gasteiger partial charge in [-0.1, -0.05) is 19.4 Å². The van der Waals surface area contributed by atoms with E-state index < -0.39 is 0 Å². The number of nitrogens with one attached hydrogen (secondary N) is 1. The molecule has 2 aromatic rings. The van der Waals surface area contributed by atoms with Crippen LogP contribution in [0.25, 0.3) is 0 Å². The highest BCUT2D eigenvalue weighted by atomic mass is 32.1. The first-order valence-electron chi connectivity index (χ1n) is 5.89. The number of rotatable bonds is 5. The lowest BCUT2D eigenvalue weighted by molar-refractivity contribution is 0.684. The maximum Gasteiger partial charge on any atom is 0.223 e. The van der Waals surface area contributed by atoms with E-state index in [9.17, 15) is 0 Å². The molecule has 0 aliphatic carbocycles. The molecule has 0 aliphatic rings. The van der Waals surface area contributed by atoms with Crippen molar-refractivity contribution in [2.24, 2.45) is 0 Å². The third kappa shape index (κ3) is 3.10. The second-order valence-corrected chi connectivity index (χ2v) is 5.02. The molecule has 2 heterocycles. The van der Waals surface area contributed by atoms with Crippen LogP contribution in [0.2, 0.25) is 0 Å². The summed E-state index contributed by atoms with van der Waals surface area (Å²) in [6.45, 7) is 2.16. The second-order valence-electron chi connectivity index (χ2n) is 4.04. The Kier molecular flexibility index (Phi) is 3.99. The van der Waals surface area contributed by atoms with Crippen LogP contribution in [0.1, 0.15) is 30.7 Å². The first-order chi connectivity index (χ1) is 8.69. The third-order valence-electron chi connectivity index (χ3n) is 2.55. The predicted octanol–water partition coefficient (Wildman–Crippen LogP) is 2.66. The second kappa shape index (κ2) is 5.68. The zero-order valence-corrected chi connectivity index (χ0v) is 11.1. The first kappa shape index (κ1) is 12.6. The van der Waals surface area contributed by atoms with E-state index in [4.69, 9.17) is 11.5 Å². The van der Waals surface area contributed by atoms with Crippen molar-refractivity contribution >= 4 is 28.9 Å². The van der Waals surface area contributed by atoms with Crippen LogP contribution in [0.15, 0.2) is 23.6 Å². The zero-order valence-electron chi connectivity index (χ0n) is 10.3. The van der Waals surface area contributed by atoms with Gasteiger partial charge in [-0.25, -0.2) is 0 Å². The quantitative estimate of drug-likeness (QED) is 0.771. The molecule has 1 atom stereocenters. The summed E-state index contributed by atoms with van der Waals surface area (Å²) in [7, 11) is 0. The molecule has 5 nitrogen and oxygen atoms in total. The molecule has 0 aromatic carbocycles. The minimum absolute atomic E-state index is 0.193. The van der Waals surface area contributed by atoms with Gasteiger partial charge in [0, 0.05) is 10.9 Å². The largest absolute Gasteiger partial charge is 0.383 e. The maximum atomic E-state index is 5.66. The zero-order chi connectivity index (χ0) is 13.0. The van der Waals surface area contributed by atoms with Gasteiger partial charge in [0.1, 0.15) is 11.6 Å². The molecule has 2 aromatic heterocycles. The molecule has 0 saturated carbocycles. The highest BCUT2D eigenvalue weighted by molar-refractivity contribution is 7.10. The summed E-state index contributed by atoms with van der Waals surface area (Å²) in [6, 6.07) is 6.11. The Bertz CT molecular complexity index is 477. The van der Waals surface area contributed by atoms with E-state index in [1.165, 1.54) is 4.88 Å². The SMILES string of the molecule is CCCC(Nc1cc(N)nc(N)n1)c1cccs1. The molecule has 6 heteroatoms. The van der Waals surface area contributed by atoms with Crippen molar-refractivity contribution in [3.05, 3.63) is 28.5 Å². The van der Waals surface area contributed by atoms with Crippen molar-refractivity contribution < 1.29 is 0 Å². The smallest absolute Gasteiger partial charge is 0.223 e. The molecule has 1 unspecified atom stereocenters. The van der Waals surface area contributed by atoms with Crippen molar-refractivity contribution in [3.8, 4) is 0 Å². The van der Waals surface area contributed by atoms with Crippen molar-refractivity contribution in [1.29, 1.82) is 0 Å². The topological polar surface area (TPSA) is 89.8 Å². The number of aromatic nitrogens is 2. The van der Waals surface area contributed by atoms with Crippen LogP contribution in [0.4, 0.5) is 17.6 Å². The van der Waals surface area contributed by atoms with Crippen molar-refractivity contribution in [2.45, 2.75) is 25.8 Å². The van der Waals surface area contributed by atoms with Crippen LogP contribution >= 0.6 is 11.3 Å².